The fourth-order valence-corrected chi connectivity index (χ4v) is 2.38. The van der Waals surface area contributed by atoms with Crippen molar-refractivity contribution in [1.82, 2.24) is 0 Å². The summed E-state index contributed by atoms with van der Waals surface area (Å²) >= 11 is 0. The average molecular weight is 307 g/mol. The Morgan fingerprint density at radius 1 is 1.22 bits per heavy atom. The number of benzene rings is 2. The van der Waals surface area contributed by atoms with Gasteiger partial charge in [0, 0.05) is 30.9 Å². The molecule has 23 heavy (non-hydrogen) atoms. The molecule has 0 aliphatic heterocycles. The number of amides is 1. The summed E-state index contributed by atoms with van der Waals surface area (Å²) in [5.41, 5.74) is 3.65. The van der Waals surface area contributed by atoms with Crippen LogP contribution in [0.15, 0.2) is 48.5 Å². The molecule has 1 amide bonds. The first-order valence-corrected chi connectivity index (χ1v) is 7.74. The van der Waals surface area contributed by atoms with E-state index >= 15 is 0 Å². The Balaban J connectivity index is 1.90. The molecule has 0 aliphatic rings. The Kier molecular flexibility index (Phi) is 5.76. The summed E-state index contributed by atoms with van der Waals surface area (Å²) in [5, 5.41) is 11.6. The number of carbonyl (C=O) groups excluding carboxylic acids is 1. The van der Waals surface area contributed by atoms with Crippen LogP contribution in [0.2, 0.25) is 0 Å². The summed E-state index contributed by atoms with van der Waals surface area (Å²) in [7, 11) is 0. The molecule has 0 aromatic heterocycles. The lowest BCUT2D eigenvalue weighted by molar-refractivity contribution is -0.116. The molecule has 0 saturated heterocycles. The van der Waals surface area contributed by atoms with Gasteiger partial charge in [-0.2, -0.15) is 5.26 Å². The highest BCUT2D eigenvalue weighted by Crippen LogP contribution is 2.16. The highest BCUT2D eigenvalue weighted by Gasteiger charge is 2.08. The minimum absolute atomic E-state index is 0.0270. The smallest absolute Gasteiger partial charge is 0.226 e. The molecule has 0 spiro atoms. The molecular formula is C19H21N3O. The normalized spacial score (nSPS) is 9.96. The Morgan fingerprint density at radius 3 is 2.57 bits per heavy atom. The van der Waals surface area contributed by atoms with Crippen molar-refractivity contribution in [3.05, 3.63) is 59.7 Å². The number of aryl methyl sites for hydroxylation is 1. The Bertz CT molecular complexity index is 701. The van der Waals surface area contributed by atoms with E-state index in [4.69, 9.17) is 5.26 Å². The van der Waals surface area contributed by atoms with Crippen LogP contribution < -0.4 is 10.2 Å². The molecule has 2 aromatic carbocycles. The fourth-order valence-electron chi connectivity index (χ4n) is 2.38. The van der Waals surface area contributed by atoms with Gasteiger partial charge >= 0.3 is 0 Å². The van der Waals surface area contributed by atoms with Crippen molar-refractivity contribution in [2.24, 2.45) is 0 Å². The maximum absolute atomic E-state index is 12.1. The number of anilines is 2. The van der Waals surface area contributed by atoms with Crippen LogP contribution in [0, 0.1) is 18.3 Å². The van der Waals surface area contributed by atoms with E-state index in [0.717, 1.165) is 12.2 Å². The van der Waals surface area contributed by atoms with Gasteiger partial charge in [0.15, 0.2) is 0 Å². The van der Waals surface area contributed by atoms with Gasteiger partial charge in [-0.25, -0.2) is 0 Å². The van der Waals surface area contributed by atoms with E-state index in [2.05, 4.69) is 48.3 Å². The van der Waals surface area contributed by atoms with Crippen LogP contribution in [0.5, 0.6) is 0 Å². The third kappa shape index (κ3) is 4.86. The summed E-state index contributed by atoms with van der Waals surface area (Å²) < 4.78 is 0. The minimum atomic E-state index is -0.0270. The second-order valence-corrected chi connectivity index (χ2v) is 5.41. The number of nitrogens with one attached hydrogen (secondary N) is 1. The molecule has 0 heterocycles. The quantitative estimate of drug-likeness (QED) is 0.885. The molecule has 0 saturated carbocycles. The van der Waals surface area contributed by atoms with Crippen LogP contribution in [-0.2, 0) is 4.79 Å². The van der Waals surface area contributed by atoms with Crippen molar-refractivity contribution in [3.63, 3.8) is 0 Å². The Morgan fingerprint density at radius 2 is 1.96 bits per heavy atom. The predicted molar refractivity (Wildman–Crippen MR) is 93.5 cm³/mol. The van der Waals surface area contributed by atoms with Gasteiger partial charge < -0.3 is 10.2 Å². The maximum Gasteiger partial charge on any atom is 0.226 e. The van der Waals surface area contributed by atoms with Gasteiger partial charge in [-0.3, -0.25) is 4.79 Å². The number of hydrogen-bond donors (Lipinski definition) is 1. The first-order valence-electron chi connectivity index (χ1n) is 7.74. The molecule has 0 bridgehead atoms. The van der Waals surface area contributed by atoms with Gasteiger partial charge in [-0.15, -0.1) is 0 Å². The lowest BCUT2D eigenvalue weighted by Crippen LogP contribution is -2.27. The number of carbonyl (C=O) groups is 1. The van der Waals surface area contributed by atoms with Crippen molar-refractivity contribution in [2.75, 3.05) is 23.3 Å². The Labute approximate surface area is 137 Å². The molecule has 2 rings (SSSR count). The van der Waals surface area contributed by atoms with Crippen molar-refractivity contribution in [2.45, 2.75) is 20.3 Å². The van der Waals surface area contributed by atoms with E-state index in [-0.39, 0.29) is 5.91 Å². The first kappa shape index (κ1) is 16.6. The highest BCUT2D eigenvalue weighted by molar-refractivity contribution is 5.91. The van der Waals surface area contributed by atoms with Gasteiger partial charge in [0.25, 0.3) is 0 Å². The number of nitrogens with zero attached hydrogens (tertiary/aromatic N) is 2. The average Bonchev–Trinajstić information content (AvgIpc) is 2.56. The lowest BCUT2D eigenvalue weighted by atomic mass is 10.2. The molecule has 0 radical (unpaired) electrons. The second-order valence-electron chi connectivity index (χ2n) is 5.41. The zero-order valence-corrected chi connectivity index (χ0v) is 13.5. The van der Waals surface area contributed by atoms with E-state index < -0.39 is 0 Å². The van der Waals surface area contributed by atoms with Crippen LogP contribution in [0.25, 0.3) is 0 Å². The molecule has 4 heteroatoms. The molecule has 2 aromatic rings. The maximum atomic E-state index is 12.1. The van der Waals surface area contributed by atoms with Gasteiger partial charge in [-0.05, 0) is 55.8 Å². The van der Waals surface area contributed by atoms with Crippen molar-refractivity contribution in [1.29, 1.82) is 5.26 Å². The van der Waals surface area contributed by atoms with Crippen molar-refractivity contribution >= 4 is 17.3 Å². The summed E-state index contributed by atoms with van der Waals surface area (Å²) in [6, 6.07) is 17.2. The van der Waals surface area contributed by atoms with Crippen LogP contribution in [0.3, 0.4) is 0 Å². The molecule has 4 nitrogen and oxygen atoms in total. The summed E-state index contributed by atoms with van der Waals surface area (Å²) in [5.74, 6) is -0.0270. The molecule has 0 atom stereocenters. The van der Waals surface area contributed by atoms with E-state index in [0.29, 0.717) is 24.2 Å². The third-order valence-corrected chi connectivity index (χ3v) is 3.66. The molecule has 0 aliphatic carbocycles. The van der Waals surface area contributed by atoms with E-state index in [9.17, 15) is 4.79 Å². The second kappa shape index (κ2) is 8.00. The molecule has 0 unspecified atom stereocenters. The molecule has 1 N–H and O–H groups in total. The van der Waals surface area contributed by atoms with Crippen LogP contribution >= 0.6 is 0 Å². The zero-order chi connectivity index (χ0) is 16.7. The number of rotatable bonds is 6. The first-order chi connectivity index (χ1) is 11.1. The fraction of sp³-hybridized carbons (Fsp3) is 0.263. The van der Waals surface area contributed by atoms with Crippen LogP contribution in [0.4, 0.5) is 11.4 Å². The standard InChI is InChI=1S/C19H21N3O/c1-3-22(18-6-4-5-15(2)13-18)12-11-19(23)21-17-9-7-16(14-20)8-10-17/h4-10,13H,3,11-12H2,1-2H3,(H,21,23). The lowest BCUT2D eigenvalue weighted by Gasteiger charge is -2.23. The number of hydrogen-bond acceptors (Lipinski definition) is 3. The van der Waals surface area contributed by atoms with Crippen molar-refractivity contribution < 1.29 is 4.79 Å². The third-order valence-electron chi connectivity index (χ3n) is 3.66. The summed E-state index contributed by atoms with van der Waals surface area (Å²) in [4.78, 5) is 14.3. The van der Waals surface area contributed by atoms with Crippen LogP contribution in [-0.4, -0.2) is 19.0 Å². The van der Waals surface area contributed by atoms with E-state index in [1.54, 1.807) is 24.3 Å². The van der Waals surface area contributed by atoms with Gasteiger partial charge in [0.2, 0.25) is 5.91 Å². The largest absolute Gasteiger partial charge is 0.371 e. The Hall–Kier alpha value is -2.80. The summed E-state index contributed by atoms with van der Waals surface area (Å²) in [6.07, 6.45) is 0.418. The highest BCUT2D eigenvalue weighted by atomic mass is 16.1. The number of nitriles is 1. The van der Waals surface area contributed by atoms with Gasteiger partial charge in [0.1, 0.15) is 0 Å². The zero-order valence-electron chi connectivity index (χ0n) is 13.5. The van der Waals surface area contributed by atoms with Crippen LogP contribution in [0.1, 0.15) is 24.5 Å². The molecular weight excluding hydrogens is 286 g/mol. The molecule has 0 fully saturated rings. The molecule has 118 valence electrons. The SMILES string of the molecule is CCN(CCC(=O)Nc1ccc(C#N)cc1)c1cccc(C)c1. The van der Waals surface area contributed by atoms with Gasteiger partial charge in [0.05, 0.1) is 11.6 Å². The predicted octanol–water partition coefficient (Wildman–Crippen LogP) is 3.72. The summed E-state index contributed by atoms with van der Waals surface area (Å²) in [6.45, 7) is 5.67. The minimum Gasteiger partial charge on any atom is -0.371 e. The van der Waals surface area contributed by atoms with E-state index in [1.807, 2.05) is 6.07 Å². The topological polar surface area (TPSA) is 56.1 Å². The van der Waals surface area contributed by atoms with Gasteiger partial charge in [-0.1, -0.05) is 12.1 Å². The monoisotopic (exact) mass is 307 g/mol. The van der Waals surface area contributed by atoms with E-state index in [1.165, 1.54) is 5.56 Å². The van der Waals surface area contributed by atoms with Crippen molar-refractivity contribution in [3.8, 4) is 6.07 Å².